The third kappa shape index (κ3) is 2.84. The number of halogens is 3. The maximum Gasteiger partial charge on any atom is 0.253 e. The van der Waals surface area contributed by atoms with Crippen LogP contribution in [-0.4, -0.2) is 26.9 Å². The number of hydrogen-bond donors (Lipinski definition) is 2. The number of benzene rings is 1. The number of H-pyrrole nitrogens is 1. The van der Waals surface area contributed by atoms with Crippen LogP contribution in [0.3, 0.4) is 0 Å². The molecule has 1 saturated carbocycles. The lowest BCUT2D eigenvalue weighted by atomic mass is 10.1. The first-order valence-corrected chi connectivity index (χ1v) is 7.70. The Morgan fingerprint density at radius 3 is 2.68 bits per heavy atom. The first kappa shape index (κ1) is 15.6. The fraction of sp³-hybridized carbons (Fsp3) is 0.235. The van der Waals surface area contributed by atoms with Crippen molar-refractivity contribution in [3.63, 3.8) is 0 Å². The van der Waals surface area contributed by atoms with E-state index < -0.39 is 17.5 Å². The van der Waals surface area contributed by atoms with Gasteiger partial charge in [0.25, 0.3) is 5.91 Å². The largest absolute Gasteiger partial charge is 0.349 e. The average Bonchev–Trinajstić information content (AvgIpc) is 3.22. The summed E-state index contributed by atoms with van der Waals surface area (Å²) in [5.41, 5.74) is 1.87. The molecule has 0 aliphatic heterocycles. The summed E-state index contributed by atoms with van der Waals surface area (Å²) in [4.78, 5) is 23.6. The van der Waals surface area contributed by atoms with Gasteiger partial charge in [0.05, 0.1) is 11.1 Å². The predicted octanol–water partition coefficient (Wildman–Crippen LogP) is 2.97. The number of aromatic nitrogens is 3. The number of imidazole rings is 1. The quantitative estimate of drug-likeness (QED) is 0.717. The molecule has 1 aromatic carbocycles. The number of aromatic amines is 1. The highest BCUT2D eigenvalue weighted by Crippen LogP contribution is 2.41. The monoisotopic (exact) mass is 346 g/mol. The molecular weight excluding hydrogens is 333 g/mol. The molecule has 3 aromatic rings. The zero-order chi connectivity index (χ0) is 17.7. The molecule has 0 bridgehead atoms. The molecule has 1 aliphatic carbocycles. The van der Waals surface area contributed by atoms with E-state index in [1.54, 1.807) is 13.0 Å². The summed E-state index contributed by atoms with van der Waals surface area (Å²) in [6, 6.07) is 3.33. The Labute approximate surface area is 140 Å². The number of amides is 1. The molecule has 4 rings (SSSR count). The minimum absolute atomic E-state index is 0.236. The molecule has 8 heteroatoms. The summed E-state index contributed by atoms with van der Waals surface area (Å²) < 4.78 is 39.6. The number of carbonyl (C=O) groups excluding carboxylic acids is 1. The lowest BCUT2D eigenvalue weighted by molar-refractivity contribution is 0.0950. The van der Waals surface area contributed by atoms with Gasteiger partial charge >= 0.3 is 0 Å². The second-order valence-corrected chi connectivity index (χ2v) is 6.14. The van der Waals surface area contributed by atoms with E-state index in [9.17, 15) is 18.0 Å². The second-order valence-electron chi connectivity index (χ2n) is 6.14. The number of nitrogens with zero attached hydrogens (tertiary/aromatic N) is 2. The topological polar surface area (TPSA) is 70.7 Å². The van der Waals surface area contributed by atoms with Crippen LogP contribution in [0.5, 0.6) is 0 Å². The molecular formula is C17H13F3N4O. The van der Waals surface area contributed by atoms with E-state index in [1.807, 2.05) is 0 Å². The fourth-order valence-electron chi connectivity index (χ4n) is 2.91. The lowest BCUT2D eigenvalue weighted by Gasteiger charge is -2.06. The van der Waals surface area contributed by atoms with Gasteiger partial charge < -0.3 is 10.3 Å². The van der Waals surface area contributed by atoms with Crippen molar-refractivity contribution >= 4 is 17.1 Å². The van der Waals surface area contributed by atoms with Gasteiger partial charge in [-0.2, -0.15) is 0 Å². The van der Waals surface area contributed by atoms with E-state index in [-0.39, 0.29) is 17.9 Å². The normalized spacial score (nSPS) is 19.2. The molecule has 0 unspecified atom stereocenters. The Morgan fingerprint density at radius 1 is 1.24 bits per heavy atom. The van der Waals surface area contributed by atoms with Gasteiger partial charge in [-0.25, -0.2) is 23.1 Å². The molecule has 128 valence electrons. The third-order valence-corrected chi connectivity index (χ3v) is 4.26. The Hall–Kier alpha value is -2.90. The van der Waals surface area contributed by atoms with Crippen molar-refractivity contribution < 1.29 is 18.0 Å². The standard InChI is InChI=1S/C17H13F3N4O/c1-7-22-14-4-9(6-21-16(14)23-7)17(25)24-13-5-10(13)8-2-11(18)15(20)12(19)3-8/h2-4,6,10,13H,5H2,1H3,(H,24,25)(H,21,22,23)/t10-,13+/m0/s1. The van der Waals surface area contributed by atoms with Crippen LogP contribution in [-0.2, 0) is 0 Å². The number of carbonyl (C=O) groups is 1. The molecule has 2 N–H and O–H groups in total. The van der Waals surface area contributed by atoms with E-state index in [1.165, 1.54) is 6.20 Å². The van der Waals surface area contributed by atoms with Crippen molar-refractivity contribution in [2.24, 2.45) is 0 Å². The van der Waals surface area contributed by atoms with Gasteiger partial charge in [0, 0.05) is 18.2 Å². The molecule has 1 fully saturated rings. The molecule has 0 radical (unpaired) electrons. The van der Waals surface area contributed by atoms with Crippen molar-refractivity contribution in [1.82, 2.24) is 20.3 Å². The Kier molecular flexibility index (Phi) is 3.48. The highest BCUT2D eigenvalue weighted by atomic mass is 19.2. The van der Waals surface area contributed by atoms with E-state index in [4.69, 9.17) is 0 Å². The average molecular weight is 346 g/mol. The molecule has 0 saturated heterocycles. The molecule has 1 aliphatic rings. The maximum atomic E-state index is 13.3. The van der Waals surface area contributed by atoms with Crippen LogP contribution < -0.4 is 5.32 Å². The van der Waals surface area contributed by atoms with Crippen molar-refractivity contribution in [3.8, 4) is 0 Å². The first-order valence-electron chi connectivity index (χ1n) is 7.70. The van der Waals surface area contributed by atoms with Gasteiger partial charge in [0.1, 0.15) is 5.82 Å². The Balaban J connectivity index is 1.48. The zero-order valence-electron chi connectivity index (χ0n) is 13.1. The minimum atomic E-state index is -1.49. The van der Waals surface area contributed by atoms with Crippen LogP contribution >= 0.6 is 0 Å². The van der Waals surface area contributed by atoms with Gasteiger partial charge in [-0.15, -0.1) is 0 Å². The molecule has 0 spiro atoms. The summed E-state index contributed by atoms with van der Waals surface area (Å²) in [6.07, 6.45) is 1.96. The summed E-state index contributed by atoms with van der Waals surface area (Å²) >= 11 is 0. The number of aryl methyl sites for hydroxylation is 1. The molecule has 2 heterocycles. The predicted molar refractivity (Wildman–Crippen MR) is 83.6 cm³/mol. The highest BCUT2D eigenvalue weighted by Gasteiger charge is 2.40. The number of nitrogens with one attached hydrogen (secondary N) is 2. The zero-order valence-corrected chi connectivity index (χ0v) is 13.1. The Morgan fingerprint density at radius 2 is 1.96 bits per heavy atom. The highest BCUT2D eigenvalue weighted by molar-refractivity contribution is 5.96. The van der Waals surface area contributed by atoms with Crippen LogP contribution in [0.15, 0.2) is 24.4 Å². The first-order chi connectivity index (χ1) is 11.9. The summed E-state index contributed by atoms with van der Waals surface area (Å²) in [7, 11) is 0. The van der Waals surface area contributed by atoms with Crippen LogP contribution in [0.25, 0.3) is 11.2 Å². The SMILES string of the molecule is Cc1nc2ncc(C(=O)N[C@@H]3C[C@H]3c3cc(F)c(F)c(F)c3)cc2[nH]1. The molecule has 1 amide bonds. The van der Waals surface area contributed by atoms with Gasteiger partial charge in [0.15, 0.2) is 23.1 Å². The summed E-state index contributed by atoms with van der Waals surface area (Å²) in [5.74, 6) is -3.81. The van der Waals surface area contributed by atoms with Crippen molar-refractivity contribution in [2.45, 2.75) is 25.3 Å². The third-order valence-electron chi connectivity index (χ3n) is 4.26. The van der Waals surface area contributed by atoms with Crippen molar-refractivity contribution in [2.75, 3.05) is 0 Å². The number of rotatable bonds is 3. The lowest BCUT2D eigenvalue weighted by Crippen LogP contribution is -2.26. The molecule has 25 heavy (non-hydrogen) atoms. The van der Waals surface area contributed by atoms with Gasteiger partial charge in [0.2, 0.25) is 0 Å². The van der Waals surface area contributed by atoms with Gasteiger partial charge in [-0.05, 0) is 37.1 Å². The van der Waals surface area contributed by atoms with Gasteiger partial charge in [-0.3, -0.25) is 4.79 Å². The van der Waals surface area contributed by atoms with Crippen molar-refractivity contribution in [3.05, 3.63) is 58.8 Å². The molecule has 5 nitrogen and oxygen atoms in total. The smallest absolute Gasteiger partial charge is 0.253 e. The second kappa shape index (κ2) is 5.58. The van der Waals surface area contributed by atoms with E-state index in [0.29, 0.717) is 34.5 Å². The summed E-state index contributed by atoms with van der Waals surface area (Å²) in [5, 5.41) is 2.79. The molecule has 2 atom stereocenters. The number of fused-ring (bicyclic) bond motifs is 1. The van der Waals surface area contributed by atoms with Crippen LogP contribution in [0.1, 0.15) is 34.1 Å². The maximum absolute atomic E-state index is 13.3. The fourth-order valence-corrected chi connectivity index (χ4v) is 2.91. The van der Waals surface area contributed by atoms with E-state index in [2.05, 4.69) is 20.3 Å². The van der Waals surface area contributed by atoms with E-state index in [0.717, 1.165) is 12.1 Å². The minimum Gasteiger partial charge on any atom is -0.349 e. The Bertz CT molecular complexity index is 978. The number of hydrogen-bond acceptors (Lipinski definition) is 3. The van der Waals surface area contributed by atoms with Crippen molar-refractivity contribution in [1.29, 1.82) is 0 Å². The summed E-state index contributed by atoms with van der Waals surface area (Å²) in [6.45, 7) is 1.79. The van der Waals surface area contributed by atoms with Crippen LogP contribution in [0.4, 0.5) is 13.2 Å². The van der Waals surface area contributed by atoms with Crippen LogP contribution in [0, 0.1) is 24.4 Å². The molecule has 2 aromatic heterocycles. The van der Waals surface area contributed by atoms with E-state index >= 15 is 0 Å². The number of pyridine rings is 1. The van der Waals surface area contributed by atoms with Crippen LogP contribution in [0.2, 0.25) is 0 Å². The van der Waals surface area contributed by atoms with Gasteiger partial charge in [-0.1, -0.05) is 0 Å².